The van der Waals surface area contributed by atoms with Crippen molar-refractivity contribution in [3.63, 3.8) is 0 Å². The van der Waals surface area contributed by atoms with E-state index in [-0.39, 0.29) is 0 Å². The molecule has 0 aliphatic heterocycles. The van der Waals surface area contributed by atoms with Crippen LogP contribution in [0.2, 0.25) is 0 Å². The first-order chi connectivity index (χ1) is 22.5. The summed E-state index contributed by atoms with van der Waals surface area (Å²) in [6.45, 7) is 13.7. The first-order valence-electron chi connectivity index (χ1n) is 18.6. The Balaban J connectivity index is 1.92. The molecule has 0 amide bonds. The molecular formula is C45H60O. The highest BCUT2D eigenvalue weighted by Crippen LogP contribution is 2.35. The number of benzene rings is 4. The maximum absolute atomic E-state index is 11.7. The van der Waals surface area contributed by atoms with Crippen molar-refractivity contribution in [1.29, 1.82) is 0 Å². The van der Waals surface area contributed by atoms with Gasteiger partial charge in [0.2, 0.25) is 0 Å². The van der Waals surface area contributed by atoms with Crippen LogP contribution >= 0.6 is 0 Å². The lowest BCUT2D eigenvalue weighted by Gasteiger charge is -2.22. The molecule has 0 aliphatic carbocycles. The van der Waals surface area contributed by atoms with Crippen LogP contribution in [0.4, 0.5) is 0 Å². The van der Waals surface area contributed by atoms with Crippen LogP contribution in [0.1, 0.15) is 147 Å². The van der Waals surface area contributed by atoms with Crippen molar-refractivity contribution in [3.05, 3.63) is 133 Å². The monoisotopic (exact) mass is 616 g/mol. The van der Waals surface area contributed by atoms with E-state index in [0.29, 0.717) is 5.75 Å². The molecule has 0 unspecified atom stereocenters. The average molecular weight is 617 g/mol. The minimum atomic E-state index is 0.442. The second kappa shape index (κ2) is 18.1. The Kier molecular flexibility index (Phi) is 14.0. The second-order valence-corrected chi connectivity index (χ2v) is 13.4. The summed E-state index contributed by atoms with van der Waals surface area (Å²) in [7, 11) is 0. The van der Waals surface area contributed by atoms with Crippen molar-refractivity contribution in [2.45, 2.75) is 138 Å². The molecule has 0 heterocycles. The maximum Gasteiger partial charge on any atom is 0.119 e. The van der Waals surface area contributed by atoms with Gasteiger partial charge in [-0.1, -0.05) is 141 Å². The molecule has 0 saturated heterocycles. The molecule has 0 aromatic heterocycles. The fourth-order valence-electron chi connectivity index (χ4n) is 7.68. The third-order valence-corrected chi connectivity index (χ3v) is 9.79. The predicted octanol–water partition coefficient (Wildman–Crippen LogP) is 11.9. The summed E-state index contributed by atoms with van der Waals surface area (Å²) in [5.74, 6) is 0.442. The van der Waals surface area contributed by atoms with Crippen LogP contribution in [-0.4, -0.2) is 5.11 Å². The van der Waals surface area contributed by atoms with Crippen molar-refractivity contribution in [1.82, 2.24) is 0 Å². The van der Waals surface area contributed by atoms with E-state index in [0.717, 1.165) is 95.5 Å². The Morgan fingerprint density at radius 3 is 1.04 bits per heavy atom. The molecule has 1 N–H and O–H groups in total. The predicted molar refractivity (Wildman–Crippen MR) is 200 cm³/mol. The van der Waals surface area contributed by atoms with E-state index in [1.54, 1.807) is 5.56 Å². The summed E-state index contributed by atoms with van der Waals surface area (Å²) in [6.07, 6.45) is 16.1. The highest BCUT2D eigenvalue weighted by Gasteiger charge is 2.20. The quantitative estimate of drug-likeness (QED) is 0.118. The van der Waals surface area contributed by atoms with Gasteiger partial charge in [0.25, 0.3) is 0 Å². The SMILES string of the molecule is CCCc1cccc(Cc2ccc(O)c(Cc3cccc(CCC)c3CCC)c2Cc2cccc(CCC)c2CCC)c1CCC. The topological polar surface area (TPSA) is 20.2 Å². The smallest absolute Gasteiger partial charge is 0.119 e. The van der Waals surface area contributed by atoms with Gasteiger partial charge in [-0.2, -0.15) is 0 Å². The van der Waals surface area contributed by atoms with E-state index in [1.807, 2.05) is 6.07 Å². The van der Waals surface area contributed by atoms with Crippen LogP contribution in [-0.2, 0) is 57.8 Å². The molecule has 0 atom stereocenters. The second-order valence-electron chi connectivity index (χ2n) is 13.4. The molecule has 0 bridgehead atoms. The minimum Gasteiger partial charge on any atom is -0.508 e. The molecule has 0 spiro atoms. The van der Waals surface area contributed by atoms with E-state index >= 15 is 0 Å². The number of aryl methyl sites for hydroxylation is 3. The zero-order valence-electron chi connectivity index (χ0n) is 29.9. The van der Waals surface area contributed by atoms with Gasteiger partial charge in [0, 0.05) is 12.0 Å². The summed E-state index contributed by atoms with van der Waals surface area (Å²) in [5.41, 5.74) is 17.1. The summed E-state index contributed by atoms with van der Waals surface area (Å²) in [4.78, 5) is 0. The summed E-state index contributed by atoms with van der Waals surface area (Å²) >= 11 is 0. The minimum absolute atomic E-state index is 0.442. The molecule has 1 heteroatoms. The Morgan fingerprint density at radius 2 is 0.652 bits per heavy atom. The fourth-order valence-corrected chi connectivity index (χ4v) is 7.68. The highest BCUT2D eigenvalue weighted by molar-refractivity contribution is 5.53. The van der Waals surface area contributed by atoms with Gasteiger partial charge in [0.05, 0.1) is 0 Å². The lowest BCUT2D eigenvalue weighted by Crippen LogP contribution is -2.09. The van der Waals surface area contributed by atoms with Crippen LogP contribution < -0.4 is 0 Å². The van der Waals surface area contributed by atoms with Gasteiger partial charge in [0.1, 0.15) is 5.75 Å². The lowest BCUT2D eigenvalue weighted by atomic mass is 9.83. The van der Waals surface area contributed by atoms with E-state index in [4.69, 9.17) is 0 Å². The summed E-state index contributed by atoms with van der Waals surface area (Å²) in [5, 5.41) is 11.7. The number of hydrogen-bond acceptors (Lipinski definition) is 1. The average Bonchev–Trinajstić information content (AvgIpc) is 3.05. The van der Waals surface area contributed by atoms with Gasteiger partial charge in [-0.15, -0.1) is 0 Å². The van der Waals surface area contributed by atoms with Gasteiger partial charge in [-0.05, 0) is 119 Å². The Bertz CT molecular complexity index is 1540. The first kappa shape index (κ1) is 35.5. The van der Waals surface area contributed by atoms with E-state index < -0.39 is 0 Å². The van der Waals surface area contributed by atoms with Crippen LogP contribution in [0.3, 0.4) is 0 Å². The van der Waals surface area contributed by atoms with Crippen molar-refractivity contribution in [3.8, 4) is 5.75 Å². The summed E-state index contributed by atoms with van der Waals surface area (Å²) < 4.78 is 0. The Hall–Kier alpha value is -3.32. The molecule has 0 radical (unpaired) electrons. The Labute approximate surface area is 281 Å². The van der Waals surface area contributed by atoms with Gasteiger partial charge in [-0.3, -0.25) is 0 Å². The molecule has 4 rings (SSSR count). The molecule has 4 aromatic carbocycles. The first-order valence-corrected chi connectivity index (χ1v) is 18.6. The van der Waals surface area contributed by atoms with Crippen molar-refractivity contribution in [2.24, 2.45) is 0 Å². The van der Waals surface area contributed by atoms with Gasteiger partial charge in [-0.25, -0.2) is 0 Å². The maximum atomic E-state index is 11.7. The highest BCUT2D eigenvalue weighted by atomic mass is 16.3. The van der Waals surface area contributed by atoms with Crippen LogP contribution in [0.5, 0.6) is 5.75 Å². The molecule has 0 saturated carbocycles. The Morgan fingerprint density at radius 1 is 0.326 bits per heavy atom. The number of phenolic OH excluding ortho intramolecular Hbond substituents is 1. The number of phenols is 1. The van der Waals surface area contributed by atoms with Gasteiger partial charge < -0.3 is 5.11 Å². The van der Waals surface area contributed by atoms with Crippen molar-refractivity contribution < 1.29 is 5.11 Å². The fraction of sp³-hybridized carbons (Fsp3) is 0.467. The number of hydrogen-bond donors (Lipinski definition) is 1. The molecule has 1 nitrogen and oxygen atoms in total. The van der Waals surface area contributed by atoms with E-state index in [2.05, 4.69) is 102 Å². The van der Waals surface area contributed by atoms with Crippen molar-refractivity contribution in [2.75, 3.05) is 0 Å². The largest absolute Gasteiger partial charge is 0.508 e. The van der Waals surface area contributed by atoms with E-state index in [9.17, 15) is 5.11 Å². The molecule has 246 valence electrons. The summed E-state index contributed by atoms with van der Waals surface area (Å²) in [6, 6.07) is 25.0. The standard InChI is InChI=1S/C45H60O/c1-7-16-33-22-13-25-36(40(33)19-10-4)30-39-28-29-45(46)44(32-38-27-15-24-35(18-9-3)42(38)21-12-6)43(39)31-37-26-14-23-34(17-8-2)41(37)20-11-5/h13-15,22-29,46H,7-12,16-21,30-32H2,1-6H3. The third-order valence-electron chi connectivity index (χ3n) is 9.79. The zero-order valence-corrected chi connectivity index (χ0v) is 29.9. The molecule has 4 aromatic rings. The van der Waals surface area contributed by atoms with Gasteiger partial charge in [0.15, 0.2) is 0 Å². The van der Waals surface area contributed by atoms with Crippen LogP contribution in [0, 0.1) is 0 Å². The molecule has 46 heavy (non-hydrogen) atoms. The number of aromatic hydroxyl groups is 1. The lowest BCUT2D eigenvalue weighted by molar-refractivity contribution is 0.468. The number of rotatable bonds is 18. The normalized spacial score (nSPS) is 11.3. The van der Waals surface area contributed by atoms with Crippen LogP contribution in [0.15, 0.2) is 66.7 Å². The zero-order chi connectivity index (χ0) is 32.9. The molecule has 0 fully saturated rings. The molecular weight excluding hydrogens is 556 g/mol. The van der Waals surface area contributed by atoms with Gasteiger partial charge >= 0.3 is 0 Å². The van der Waals surface area contributed by atoms with E-state index in [1.165, 1.54) is 62.1 Å². The molecule has 0 aliphatic rings. The third kappa shape index (κ3) is 8.72. The van der Waals surface area contributed by atoms with Crippen LogP contribution in [0.25, 0.3) is 0 Å². The van der Waals surface area contributed by atoms with Crippen molar-refractivity contribution >= 4 is 0 Å².